The highest BCUT2D eigenvalue weighted by atomic mass is 16.2. The van der Waals surface area contributed by atoms with Crippen LogP contribution in [0.3, 0.4) is 0 Å². The van der Waals surface area contributed by atoms with E-state index in [0.717, 1.165) is 39.0 Å². The summed E-state index contributed by atoms with van der Waals surface area (Å²) in [5.41, 5.74) is 2.27. The Balaban J connectivity index is 1.45. The smallest absolute Gasteiger partial charge is 0.245 e. The van der Waals surface area contributed by atoms with Gasteiger partial charge in [-0.3, -0.25) is 9.69 Å². The first-order valence-corrected chi connectivity index (χ1v) is 8.40. The molecule has 0 saturated carbocycles. The number of hydrogen-bond donors (Lipinski definition) is 0. The molecule has 2 aliphatic rings. The van der Waals surface area contributed by atoms with Crippen molar-refractivity contribution in [3.63, 3.8) is 0 Å². The second kappa shape index (κ2) is 5.82. The average Bonchev–Trinajstić information content (AvgIpc) is 3.01. The second-order valence-corrected chi connectivity index (χ2v) is 6.69. The Kier molecular flexibility index (Phi) is 3.66. The minimum atomic E-state index is -0.232. The topological polar surface area (TPSA) is 23.6 Å². The second-order valence-electron chi connectivity index (χ2n) is 6.69. The molecule has 0 unspecified atom stereocenters. The van der Waals surface area contributed by atoms with Crippen LogP contribution in [0.5, 0.6) is 0 Å². The fraction of sp³-hybridized carbons (Fsp3) is 0.350. The third-order valence-corrected chi connectivity index (χ3v) is 5.19. The molecule has 4 rings (SSSR count). The lowest BCUT2D eigenvalue weighted by Gasteiger charge is -2.51. The molecular formula is C20H22N2O. The van der Waals surface area contributed by atoms with Crippen molar-refractivity contribution in [2.45, 2.75) is 31.5 Å². The fourth-order valence-corrected chi connectivity index (χ4v) is 3.98. The quantitative estimate of drug-likeness (QED) is 0.811. The van der Waals surface area contributed by atoms with Crippen molar-refractivity contribution in [1.82, 2.24) is 9.80 Å². The Morgan fingerprint density at radius 2 is 1.48 bits per heavy atom. The van der Waals surface area contributed by atoms with Crippen LogP contribution in [-0.2, 0) is 17.9 Å². The summed E-state index contributed by atoms with van der Waals surface area (Å²) in [4.78, 5) is 17.3. The highest BCUT2D eigenvalue weighted by molar-refractivity contribution is 5.93. The van der Waals surface area contributed by atoms with Crippen LogP contribution < -0.4 is 0 Å². The number of hydrogen-bond acceptors (Lipinski definition) is 2. The van der Waals surface area contributed by atoms with E-state index in [0.29, 0.717) is 5.91 Å². The van der Waals surface area contributed by atoms with Gasteiger partial charge in [0.15, 0.2) is 0 Å². The lowest BCUT2D eigenvalue weighted by molar-refractivity contribution is -0.163. The standard InChI is InChI=1S/C20H22N2O/c23-19-20(16-21(19)14-17-8-3-1-4-9-17)12-7-13-22(20)15-18-10-5-2-6-11-18/h1-6,8-11H,7,12-16H2/t20-/m0/s1. The van der Waals surface area contributed by atoms with Gasteiger partial charge in [-0.05, 0) is 30.5 Å². The molecule has 2 heterocycles. The molecule has 3 nitrogen and oxygen atoms in total. The van der Waals surface area contributed by atoms with E-state index in [1.807, 2.05) is 29.2 Å². The van der Waals surface area contributed by atoms with Crippen LogP contribution in [0, 0.1) is 0 Å². The Labute approximate surface area is 137 Å². The molecule has 1 spiro atoms. The summed E-state index contributed by atoms with van der Waals surface area (Å²) < 4.78 is 0. The van der Waals surface area contributed by atoms with Crippen molar-refractivity contribution in [3.8, 4) is 0 Å². The molecule has 23 heavy (non-hydrogen) atoms. The summed E-state index contributed by atoms with van der Waals surface area (Å²) in [5, 5.41) is 0. The molecule has 0 N–H and O–H groups in total. The van der Waals surface area contributed by atoms with E-state index in [1.165, 1.54) is 11.1 Å². The van der Waals surface area contributed by atoms with E-state index in [4.69, 9.17) is 0 Å². The Bertz CT molecular complexity index is 685. The minimum absolute atomic E-state index is 0.232. The van der Waals surface area contributed by atoms with Crippen LogP contribution in [0.1, 0.15) is 24.0 Å². The monoisotopic (exact) mass is 306 g/mol. The number of carbonyl (C=O) groups is 1. The Hall–Kier alpha value is -2.13. The summed E-state index contributed by atoms with van der Waals surface area (Å²) in [5.74, 6) is 0.315. The molecule has 0 aromatic heterocycles. The number of nitrogens with zero attached hydrogens (tertiary/aromatic N) is 2. The highest BCUT2D eigenvalue weighted by Gasteiger charge is 2.57. The molecule has 2 aliphatic heterocycles. The van der Waals surface area contributed by atoms with E-state index in [1.54, 1.807) is 0 Å². The van der Waals surface area contributed by atoms with Crippen LogP contribution in [0.4, 0.5) is 0 Å². The summed E-state index contributed by atoms with van der Waals surface area (Å²) in [6.45, 7) is 3.51. The van der Waals surface area contributed by atoms with Gasteiger partial charge in [0.2, 0.25) is 5.91 Å². The maximum Gasteiger partial charge on any atom is 0.245 e. The third kappa shape index (κ3) is 2.55. The lowest BCUT2D eigenvalue weighted by Crippen LogP contribution is -2.71. The predicted octanol–water partition coefficient (Wildman–Crippen LogP) is 3.06. The molecule has 2 aromatic carbocycles. The first kappa shape index (κ1) is 14.5. The van der Waals surface area contributed by atoms with Gasteiger partial charge < -0.3 is 4.90 Å². The van der Waals surface area contributed by atoms with Crippen LogP contribution in [0.25, 0.3) is 0 Å². The zero-order valence-corrected chi connectivity index (χ0v) is 13.3. The maximum absolute atomic E-state index is 12.9. The summed E-state index contributed by atoms with van der Waals surface area (Å²) in [6.07, 6.45) is 2.13. The van der Waals surface area contributed by atoms with Crippen LogP contribution in [0.15, 0.2) is 60.7 Å². The SMILES string of the molecule is O=C1N(Cc2ccccc2)C[C@@]12CCCN2Cc1ccccc1. The van der Waals surface area contributed by atoms with Crippen molar-refractivity contribution < 1.29 is 4.79 Å². The van der Waals surface area contributed by atoms with E-state index in [2.05, 4.69) is 41.3 Å². The van der Waals surface area contributed by atoms with Crippen molar-refractivity contribution in [2.24, 2.45) is 0 Å². The van der Waals surface area contributed by atoms with Gasteiger partial charge in [0.05, 0.1) is 0 Å². The summed E-state index contributed by atoms with van der Waals surface area (Å²) >= 11 is 0. The van der Waals surface area contributed by atoms with E-state index >= 15 is 0 Å². The van der Waals surface area contributed by atoms with Gasteiger partial charge in [0, 0.05) is 19.6 Å². The van der Waals surface area contributed by atoms with E-state index in [9.17, 15) is 4.79 Å². The molecule has 0 aliphatic carbocycles. The Morgan fingerprint density at radius 3 is 2.09 bits per heavy atom. The molecule has 1 amide bonds. The zero-order valence-electron chi connectivity index (χ0n) is 13.3. The van der Waals surface area contributed by atoms with Gasteiger partial charge in [0.1, 0.15) is 5.54 Å². The van der Waals surface area contributed by atoms with E-state index in [-0.39, 0.29) is 5.54 Å². The van der Waals surface area contributed by atoms with Gasteiger partial charge >= 0.3 is 0 Å². The Morgan fingerprint density at radius 1 is 0.870 bits per heavy atom. The largest absolute Gasteiger partial charge is 0.334 e. The molecule has 3 heteroatoms. The van der Waals surface area contributed by atoms with Crippen molar-refractivity contribution >= 4 is 5.91 Å². The van der Waals surface area contributed by atoms with Gasteiger partial charge in [0.25, 0.3) is 0 Å². The highest BCUT2D eigenvalue weighted by Crippen LogP contribution is 2.40. The van der Waals surface area contributed by atoms with Crippen LogP contribution >= 0.6 is 0 Å². The first-order valence-electron chi connectivity index (χ1n) is 8.40. The number of amides is 1. The third-order valence-electron chi connectivity index (χ3n) is 5.19. The first-order chi connectivity index (χ1) is 11.3. The normalized spacial score (nSPS) is 24.2. The number of benzene rings is 2. The summed E-state index contributed by atoms with van der Waals surface area (Å²) in [7, 11) is 0. The van der Waals surface area contributed by atoms with Crippen LogP contribution in [-0.4, -0.2) is 34.3 Å². The van der Waals surface area contributed by atoms with Gasteiger partial charge in [-0.1, -0.05) is 60.7 Å². The average molecular weight is 306 g/mol. The maximum atomic E-state index is 12.9. The zero-order chi connectivity index (χ0) is 15.7. The van der Waals surface area contributed by atoms with E-state index < -0.39 is 0 Å². The number of likely N-dealkylation sites (tertiary alicyclic amines) is 2. The molecular weight excluding hydrogens is 284 g/mol. The molecule has 0 bridgehead atoms. The number of β-lactam (4-membered cyclic amide) rings is 1. The van der Waals surface area contributed by atoms with Crippen molar-refractivity contribution in [1.29, 1.82) is 0 Å². The van der Waals surface area contributed by atoms with Gasteiger partial charge in [-0.2, -0.15) is 0 Å². The van der Waals surface area contributed by atoms with Gasteiger partial charge in [-0.25, -0.2) is 0 Å². The number of rotatable bonds is 4. The summed E-state index contributed by atoms with van der Waals surface area (Å²) in [6, 6.07) is 20.8. The minimum Gasteiger partial charge on any atom is -0.334 e. The molecule has 2 aromatic rings. The van der Waals surface area contributed by atoms with Crippen LogP contribution in [0.2, 0.25) is 0 Å². The molecule has 118 valence electrons. The lowest BCUT2D eigenvalue weighted by atomic mass is 9.85. The molecule has 0 radical (unpaired) electrons. The number of carbonyl (C=O) groups excluding carboxylic acids is 1. The fourth-order valence-electron chi connectivity index (χ4n) is 3.98. The van der Waals surface area contributed by atoms with Crippen molar-refractivity contribution in [3.05, 3.63) is 71.8 Å². The van der Waals surface area contributed by atoms with Gasteiger partial charge in [-0.15, -0.1) is 0 Å². The molecule has 2 saturated heterocycles. The predicted molar refractivity (Wildman–Crippen MR) is 90.7 cm³/mol. The van der Waals surface area contributed by atoms with Crippen molar-refractivity contribution in [2.75, 3.05) is 13.1 Å². The molecule has 1 atom stereocenters. The molecule has 2 fully saturated rings.